The van der Waals surface area contributed by atoms with Crippen LogP contribution in [0.15, 0.2) is 40.3 Å². The van der Waals surface area contributed by atoms with Crippen LogP contribution >= 0.6 is 22.9 Å². The second-order valence-electron chi connectivity index (χ2n) is 8.58. The molecule has 3 aromatic heterocycles. The molecule has 1 aliphatic carbocycles. The van der Waals surface area contributed by atoms with Gasteiger partial charge >= 0.3 is 0 Å². The molecule has 0 fully saturated rings. The van der Waals surface area contributed by atoms with Crippen LogP contribution < -0.4 is 5.32 Å². The van der Waals surface area contributed by atoms with Crippen molar-refractivity contribution in [3.63, 3.8) is 0 Å². The van der Waals surface area contributed by atoms with Crippen molar-refractivity contribution in [2.75, 3.05) is 6.54 Å². The lowest BCUT2D eigenvalue weighted by Gasteiger charge is -2.16. The lowest BCUT2D eigenvalue weighted by atomic mass is 9.93. The number of nitrogens with zero attached hydrogens (tertiary/aromatic N) is 5. The van der Waals surface area contributed by atoms with Crippen LogP contribution in [0.4, 0.5) is 0 Å². The van der Waals surface area contributed by atoms with Gasteiger partial charge in [0, 0.05) is 40.3 Å². The quantitative estimate of drug-likeness (QED) is 0.528. The number of amides is 1. The normalized spacial score (nSPS) is 17.3. The van der Waals surface area contributed by atoms with Crippen molar-refractivity contribution in [2.45, 2.75) is 52.5 Å². The van der Waals surface area contributed by atoms with Gasteiger partial charge in [0.25, 0.3) is 0 Å². The molecular weight excluding hydrogens is 470 g/mol. The number of hydrogen-bond acceptors (Lipinski definition) is 6. The Hall–Kier alpha value is -3.04. The van der Waals surface area contributed by atoms with Gasteiger partial charge in [-0.25, -0.2) is 4.98 Å². The number of aryl methyl sites for hydroxylation is 2. The van der Waals surface area contributed by atoms with Crippen molar-refractivity contribution in [2.24, 2.45) is 4.99 Å². The minimum atomic E-state index is -0.440. The minimum absolute atomic E-state index is 0.0708. The van der Waals surface area contributed by atoms with E-state index < -0.39 is 6.04 Å². The van der Waals surface area contributed by atoms with Crippen LogP contribution in [0.3, 0.4) is 0 Å². The number of rotatable bonds is 6. The third-order valence-electron chi connectivity index (χ3n) is 6.29. The number of nitrogens with one attached hydrogen (secondary N) is 2. The molecule has 5 rings (SSSR count). The highest BCUT2D eigenvalue weighted by Gasteiger charge is 2.33. The number of halogens is 1. The maximum absolute atomic E-state index is 12.9. The van der Waals surface area contributed by atoms with E-state index in [4.69, 9.17) is 16.6 Å². The summed E-state index contributed by atoms with van der Waals surface area (Å²) in [6.07, 6.45) is 9.89. The number of H-pyrrole nitrogens is 1. The zero-order valence-electron chi connectivity index (χ0n) is 19.4. The van der Waals surface area contributed by atoms with Gasteiger partial charge < -0.3 is 10.3 Å². The van der Waals surface area contributed by atoms with Crippen LogP contribution in [0.5, 0.6) is 0 Å². The van der Waals surface area contributed by atoms with E-state index in [0.717, 1.165) is 51.2 Å². The largest absolute Gasteiger partial charge is 0.356 e. The van der Waals surface area contributed by atoms with Crippen molar-refractivity contribution < 1.29 is 4.79 Å². The molecule has 2 aliphatic rings. The molecule has 0 saturated heterocycles. The van der Waals surface area contributed by atoms with Gasteiger partial charge in [-0.1, -0.05) is 17.7 Å². The van der Waals surface area contributed by atoms with Crippen LogP contribution in [0, 0.1) is 20.8 Å². The maximum atomic E-state index is 12.9. The SMILES string of the molecule is Cc1sc2c(c1C)C(C1=CC=C(Cl)CC1)=NC(CC(=O)NCCc1cnc[nH]1)c1nnc(C)n1-2. The Labute approximate surface area is 206 Å². The van der Waals surface area contributed by atoms with Crippen molar-refractivity contribution >= 4 is 34.6 Å². The molecule has 0 saturated carbocycles. The van der Waals surface area contributed by atoms with Crippen LogP contribution in [-0.2, 0) is 11.2 Å². The predicted octanol–water partition coefficient (Wildman–Crippen LogP) is 4.41. The summed E-state index contributed by atoms with van der Waals surface area (Å²) < 4.78 is 2.07. The lowest BCUT2D eigenvalue weighted by Crippen LogP contribution is -2.27. The highest BCUT2D eigenvalue weighted by molar-refractivity contribution is 7.15. The summed E-state index contributed by atoms with van der Waals surface area (Å²) in [6.45, 7) is 6.73. The van der Waals surface area contributed by atoms with E-state index in [1.54, 1.807) is 23.9 Å². The Kier molecular flexibility index (Phi) is 6.22. The average molecular weight is 496 g/mol. The first-order chi connectivity index (χ1) is 16.4. The van der Waals surface area contributed by atoms with Gasteiger partial charge in [-0.05, 0) is 50.8 Å². The first kappa shape index (κ1) is 22.7. The first-order valence-corrected chi connectivity index (χ1v) is 12.5. The van der Waals surface area contributed by atoms with E-state index in [0.29, 0.717) is 18.8 Å². The zero-order chi connectivity index (χ0) is 23.8. The van der Waals surface area contributed by atoms with Gasteiger partial charge in [-0.15, -0.1) is 21.5 Å². The molecule has 1 unspecified atom stereocenters. The molecule has 176 valence electrons. The Morgan fingerprint density at radius 1 is 1.26 bits per heavy atom. The standard InChI is InChI=1S/C24H26ClN7OS/c1-13-14(2)34-24-21(13)22(16-4-6-17(25)7-5-16)29-19(23-31-30-15(3)32(23)24)10-20(33)27-9-8-18-11-26-12-28-18/h4,6,11-12,19H,5,7-10H2,1-3H3,(H,26,28)(H,27,33). The highest BCUT2D eigenvalue weighted by Crippen LogP contribution is 2.40. The Balaban J connectivity index is 1.51. The van der Waals surface area contributed by atoms with E-state index in [-0.39, 0.29) is 12.3 Å². The van der Waals surface area contributed by atoms with Crippen molar-refractivity contribution in [1.29, 1.82) is 0 Å². The number of allylic oxidation sites excluding steroid dienone is 4. The Morgan fingerprint density at radius 3 is 2.85 bits per heavy atom. The van der Waals surface area contributed by atoms with E-state index in [2.05, 4.69) is 50.0 Å². The maximum Gasteiger partial charge on any atom is 0.222 e. The number of imidazole rings is 1. The van der Waals surface area contributed by atoms with Crippen LogP contribution in [0.25, 0.3) is 5.00 Å². The van der Waals surface area contributed by atoms with E-state index in [9.17, 15) is 4.79 Å². The van der Waals surface area contributed by atoms with Gasteiger partial charge in [-0.3, -0.25) is 14.4 Å². The van der Waals surface area contributed by atoms with E-state index >= 15 is 0 Å². The number of fused-ring (bicyclic) bond motifs is 3. The van der Waals surface area contributed by atoms with Gasteiger partial charge in [0.05, 0.1) is 18.5 Å². The molecule has 2 N–H and O–H groups in total. The number of carbonyl (C=O) groups excluding carboxylic acids is 1. The van der Waals surface area contributed by atoms with Crippen LogP contribution in [-0.4, -0.2) is 42.9 Å². The number of aliphatic imine (C=N–C) groups is 1. The smallest absolute Gasteiger partial charge is 0.222 e. The molecule has 0 aromatic carbocycles. The third-order valence-corrected chi connectivity index (χ3v) is 7.80. The average Bonchev–Trinajstić information content (AvgIpc) is 3.51. The molecule has 3 aromatic rings. The molecule has 0 radical (unpaired) electrons. The van der Waals surface area contributed by atoms with Gasteiger partial charge in [-0.2, -0.15) is 0 Å². The molecule has 10 heteroatoms. The molecule has 1 aliphatic heterocycles. The summed E-state index contributed by atoms with van der Waals surface area (Å²) in [5.74, 6) is 1.42. The summed E-state index contributed by atoms with van der Waals surface area (Å²) in [7, 11) is 0. The molecule has 8 nitrogen and oxygen atoms in total. The van der Waals surface area contributed by atoms with Crippen molar-refractivity contribution in [3.8, 4) is 5.00 Å². The van der Waals surface area contributed by atoms with Crippen molar-refractivity contribution in [1.82, 2.24) is 30.0 Å². The third kappa shape index (κ3) is 4.25. The van der Waals surface area contributed by atoms with Crippen LogP contribution in [0.1, 0.15) is 58.7 Å². The summed E-state index contributed by atoms with van der Waals surface area (Å²) in [6, 6.07) is -0.440. The highest BCUT2D eigenvalue weighted by atomic mass is 35.5. The molecule has 4 heterocycles. The molecule has 34 heavy (non-hydrogen) atoms. The summed E-state index contributed by atoms with van der Waals surface area (Å²) in [4.78, 5) is 26.4. The number of hydrogen-bond donors (Lipinski definition) is 2. The zero-order valence-corrected chi connectivity index (χ0v) is 20.9. The predicted molar refractivity (Wildman–Crippen MR) is 134 cm³/mol. The first-order valence-electron chi connectivity index (χ1n) is 11.3. The van der Waals surface area contributed by atoms with E-state index in [1.165, 1.54) is 10.4 Å². The minimum Gasteiger partial charge on any atom is -0.356 e. The fourth-order valence-electron chi connectivity index (χ4n) is 4.36. The van der Waals surface area contributed by atoms with E-state index in [1.807, 2.05) is 13.0 Å². The summed E-state index contributed by atoms with van der Waals surface area (Å²) in [5.41, 5.74) is 5.34. The Morgan fingerprint density at radius 2 is 2.12 bits per heavy atom. The number of aromatic amines is 1. The molecule has 0 bridgehead atoms. The van der Waals surface area contributed by atoms with Crippen LogP contribution in [0.2, 0.25) is 0 Å². The molecule has 1 amide bonds. The second kappa shape index (κ2) is 9.31. The fraction of sp³-hybridized carbons (Fsp3) is 0.375. The monoisotopic (exact) mass is 495 g/mol. The van der Waals surface area contributed by atoms with Crippen molar-refractivity contribution in [3.05, 3.63) is 68.6 Å². The second-order valence-corrected chi connectivity index (χ2v) is 10.3. The molecule has 0 spiro atoms. The van der Waals surface area contributed by atoms with Gasteiger partial charge in [0.1, 0.15) is 16.9 Å². The molecule has 1 atom stereocenters. The van der Waals surface area contributed by atoms with Gasteiger partial charge in [0.2, 0.25) is 5.91 Å². The topological polar surface area (TPSA) is 101 Å². The summed E-state index contributed by atoms with van der Waals surface area (Å²) >= 11 is 7.96. The lowest BCUT2D eigenvalue weighted by molar-refractivity contribution is -0.121. The number of carbonyl (C=O) groups is 1. The number of aromatic nitrogens is 5. The van der Waals surface area contributed by atoms with Gasteiger partial charge in [0.15, 0.2) is 5.82 Å². The Bertz CT molecular complexity index is 1330. The molecular formula is C24H26ClN7OS. The number of thiophene rings is 1. The summed E-state index contributed by atoms with van der Waals surface area (Å²) in [5, 5.41) is 13.7. The fourth-order valence-corrected chi connectivity index (χ4v) is 5.74.